The van der Waals surface area contributed by atoms with E-state index in [1.807, 2.05) is 44.2 Å². The van der Waals surface area contributed by atoms with Crippen LogP contribution in [0.4, 0.5) is 16.3 Å². The number of nitrogens with one attached hydrogen (secondary N) is 2. The van der Waals surface area contributed by atoms with E-state index in [1.54, 1.807) is 28.9 Å². The number of urea groups is 1. The first kappa shape index (κ1) is 25.8. The minimum atomic E-state index is -0.353. The van der Waals surface area contributed by atoms with E-state index in [2.05, 4.69) is 47.3 Å². The van der Waals surface area contributed by atoms with Crippen molar-refractivity contribution in [3.8, 4) is 5.69 Å². The number of rotatable bonds is 6. The maximum atomic E-state index is 13.0. The number of hydrogen-bond acceptors (Lipinski definition) is 3. The maximum absolute atomic E-state index is 13.0. The summed E-state index contributed by atoms with van der Waals surface area (Å²) in [5.41, 5.74) is 2.02. The molecule has 2 N–H and O–H groups in total. The quantitative estimate of drug-likeness (QED) is 0.372. The molecule has 0 aliphatic carbocycles. The van der Waals surface area contributed by atoms with Gasteiger partial charge in [0, 0.05) is 32.7 Å². The highest BCUT2D eigenvalue weighted by molar-refractivity contribution is 9.10. The van der Waals surface area contributed by atoms with Gasteiger partial charge in [-0.2, -0.15) is 5.10 Å². The lowest BCUT2D eigenvalue weighted by Gasteiger charge is -2.26. The Morgan fingerprint density at radius 2 is 1.68 bits per heavy atom. The third-order valence-corrected chi connectivity index (χ3v) is 5.89. The average molecular weight is 547 g/mol. The molecule has 0 saturated carbocycles. The standard InChI is InChI=1S/C25H29BrClN5O2/c1-16(2)31(24(34)28-19-10-6-17(26)7-11-19)15-23(33)29-22-14-21(25(3,4)5)30-32(22)20-12-8-18(27)9-13-20/h6-14,16H,15H2,1-5H3,(H,28,34)(H,29,33). The second-order valence-electron chi connectivity index (χ2n) is 9.26. The van der Waals surface area contributed by atoms with E-state index in [4.69, 9.17) is 16.7 Å². The lowest BCUT2D eigenvalue weighted by Crippen LogP contribution is -2.44. The number of benzene rings is 2. The monoisotopic (exact) mass is 545 g/mol. The summed E-state index contributed by atoms with van der Waals surface area (Å²) in [7, 11) is 0. The Morgan fingerprint density at radius 1 is 1.06 bits per heavy atom. The molecule has 3 amide bonds. The topological polar surface area (TPSA) is 79.3 Å². The van der Waals surface area contributed by atoms with Gasteiger partial charge in [-0.05, 0) is 62.4 Å². The SMILES string of the molecule is CC(C)N(CC(=O)Nc1cc(C(C)(C)C)nn1-c1ccc(Cl)cc1)C(=O)Nc1ccc(Br)cc1. The number of hydrogen-bond donors (Lipinski definition) is 2. The molecule has 0 aliphatic heterocycles. The van der Waals surface area contributed by atoms with Crippen LogP contribution in [-0.4, -0.2) is 39.2 Å². The molecular weight excluding hydrogens is 518 g/mol. The smallest absolute Gasteiger partial charge is 0.313 e. The van der Waals surface area contributed by atoms with Gasteiger partial charge in [-0.1, -0.05) is 48.3 Å². The fraction of sp³-hybridized carbons (Fsp3) is 0.320. The number of nitrogens with zero attached hydrogens (tertiary/aromatic N) is 3. The number of carbonyl (C=O) groups is 2. The van der Waals surface area contributed by atoms with Gasteiger partial charge in [-0.3, -0.25) is 4.79 Å². The summed E-state index contributed by atoms with van der Waals surface area (Å²) in [5, 5.41) is 11.1. The molecule has 180 valence electrons. The van der Waals surface area contributed by atoms with Crippen LogP contribution in [0.2, 0.25) is 5.02 Å². The Balaban J connectivity index is 1.80. The molecule has 3 aromatic rings. The molecule has 3 rings (SSSR count). The fourth-order valence-electron chi connectivity index (χ4n) is 3.17. The first-order chi connectivity index (χ1) is 15.9. The summed E-state index contributed by atoms with van der Waals surface area (Å²) in [6.07, 6.45) is 0. The third-order valence-electron chi connectivity index (χ3n) is 5.11. The van der Waals surface area contributed by atoms with E-state index in [9.17, 15) is 9.59 Å². The minimum Gasteiger partial charge on any atom is -0.313 e. The van der Waals surface area contributed by atoms with Crippen LogP contribution in [0.15, 0.2) is 59.1 Å². The highest BCUT2D eigenvalue weighted by Gasteiger charge is 2.24. The number of anilines is 2. The zero-order chi connectivity index (χ0) is 25.0. The van der Waals surface area contributed by atoms with Crippen LogP contribution < -0.4 is 10.6 Å². The molecule has 1 heterocycles. The highest BCUT2D eigenvalue weighted by atomic mass is 79.9. The number of halogens is 2. The van der Waals surface area contributed by atoms with E-state index in [-0.39, 0.29) is 29.9 Å². The molecular formula is C25H29BrClN5O2. The second kappa shape index (κ2) is 10.6. The largest absolute Gasteiger partial charge is 0.322 e. The molecule has 9 heteroatoms. The first-order valence-corrected chi connectivity index (χ1v) is 12.1. The summed E-state index contributed by atoms with van der Waals surface area (Å²) in [6, 6.07) is 15.8. The van der Waals surface area contributed by atoms with E-state index < -0.39 is 0 Å². The molecule has 7 nitrogen and oxygen atoms in total. The molecule has 0 unspecified atom stereocenters. The molecule has 0 fully saturated rings. The van der Waals surface area contributed by atoms with Gasteiger partial charge in [0.05, 0.1) is 11.4 Å². The predicted molar refractivity (Wildman–Crippen MR) is 141 cm³/mol. The summed E-state index contributed by atoms with van der Waals surface area (Å²) >= 11 is 9.42. The Morgan fingerprint density at radius 3 is 2.24 bits per heavy atom. The van der Waals surface area contributed by atoms with Crippen molar-refractivity contribution in [3.63, 3.8) is 0 Å². The van der Waals surface area contributed by atoms with E-state index in [1.165, 1.54) is 4.90 Å². The number of carbonyl (C=O) groups excluding carboxylic acids is 2. The van der Waals surface area contributed by atoms with Crippen LogP contribution in [-0.2, 0) is 10.2 Å². The van der Waals surface area contributed by atoms with Crippen LogP contribution in [0.3, 0.4) is 0 Å². The molecule has 0 atom stereocenters. The van der Waals surface area contributed by atoms with Gasteiger partial charge in [-0.15, -0.1) is 0 Å². The van der Waals surface area contributed by atoms with Crippen LogP contribution >= 0.6 is 27.5 Å². The van der Waals surface area contributed by atoms with Crippen molar-refractivity contribution in [2.75, 3.05) is 17.2 Å². The van der Waals surface area contributed by atoms with E-state index in [0.717, 1.165) is 15.9 Å². The molecule has 34 heavy (non-hydrogen) atoms. The lowest BCUT2D eigenvalue weighted by atomic mass is 9.92. The zero-order valence-electron chi connectivity index (χ0n) is 19.9. The van der Waals surface area contributed by atoms with Crippen LogP contribution in [0.25, 0.3) is 5.69 Å². The molecule has 0 radical (unpaired) electrons. The lowest BCUT2D eigenvalue weighted by molar-refractivity contribution is -0.117. The van der Waals surface area contributed by atoms with Gasteiger partial charge in [0.15, 0.2) is 0 Å². The second-order valence-corrected chi connectivity index (χ2v) is 10.6. The van der Waals surface area contributed by atoms with Crippen molar-refractivity contribution >= 4 is 51.0 Å². The van der Waals surface area contributed by atoms with Crippen molar-refractivity contribution in [1.29, 1.82) is 0 Å². The van der Waals surface area contributed by atoms with Gasteiger partial charge < -0.3 is 15.5 Å². The molecule has 0 spiro atoms. The van der Waals surface area contributed by atoms with Gasteiger partial charge in [0.1, 0.15) is 12.4 Å². The molecule has 0 aliphatic rings. The van der Waals surface area contributed by atoms with Gasteiger partial charge in [0.2, 0.25) is 5.91 Å². The molecule has 0 bridgehead atoms. The van der Waals surface area contributed by atoms with Crippen LogP contribution in [0.5, 0.6) is 0 Å². The first-order valence-electron chi connectivity index (χ1n) is 10.9. The van der Waals surface area contributed by atoms with E-state index in [0.29, 0.717) is 16.5 Å². The van der Waals surface area contributed by atoms with Crippen molar-refractivity contribution < 1.29 is 9.59 Å². The summed E-state index contributed by atoms with van der Waals surface area (Å²) in [6.45, 7) is 9.78. The average Bonchev–Trinajstić information content (AvgIpc) is 3.18. The summed E-state index contributed by atoms with van der Waals surface area (Å²) < 4.78 is 2.59. The Bertz CT molecular complexity index is 1150. The predicted octanol–water partition coefficient (Wildman–Crippen LogP) is 6.47. The number of aromatic nitrogens is 2. The van der Waals surface area contributed by atoms with Gasteiger partial charge >= 0.3 is 6.03 Å². The molecule has 2 aromatic carbocycles. The molecule has 0 saturated heterocycles. The van der Waals surface area contributed by atoms with E-state index >= 15 is 0 Å². The maximum Gasteiger partial charge on any atom is 0.322 e. The van der Waals surface area contributed by atoms with Crippen LogP contribution in [0, 0.1) is 0 Å². The third kappa shape index (κ3) is 6.61. The Labute approximate surface area is 213 Å². The minimum absolute atomic E-state index is 0.114. The van der Waals surface area contributed by atoms with Crippen molar-refractivity contribution in [2.24, 2.45) is 0 Å². The summed E-state index contributed by atoms with van der Waals surface area (Å²) in [4.78, 5) is 27.4. The normalized spacial score (nSPS) is 11.4. The summed E-state index contributed by atoms with van der Waals surface area (Å²) in [5.74, 6) is 0.199. The van der Waals surface area contributed by atoms with Crippen molar-refractivity contribution in [3.05, 3.63) is 69.8 Å². The van der Waals surface area contributed by atoms with Crippen molar-refractivity contribution in [1.82, 2.24) is 14.7 Å². The molecule has 1 aromatic heterocycles. The number of amides is 3. The zero-order valence-corrected chi connectivity index (χ0v) is 22.2. The highest BCUT2D eigenvalue weighted by Crippen LogP contribution is 2.27. The Hall–Kier alpha value is -2.84. The van der Waals surface area contributed by atoms with Crippen molar-refractivity contribution in [2.45, 2.75) is 46.1 Å². The van der Waals surface area contributed by atoms with Gasteiger partial charge in [0.25, 0.3) is 0 Å². The Kier molecular flexibility index (Phi) is 8.05. The van der Waals surface area contributed by atoms with Gasteiger partial charge in [-0.25, -0.2) is 9.48 Å². The van der Waals surface area contributed by atoms with Crippen LogP contribution in [0.1, 0.15) is 40.3 Å². The fourth-order valence-corrected chi connectivity index (χ4v) is 3.56.